The summed E-state index contributed by atoms with van der Waals surface area (Å²) in [5, 5.41) is 0. The van der Waals surface area contributed by atoms with Crippen molar-refractivity contribution in [2.45, 2.75) is 32.8 Å². The Labute approximate surface area is 146 Å². The zero-order valence-corrected chi connectivity index (χ0v) is 15.8. The standard InChI is InChI=1S/C18H24BrNO3/c1-18(2,3)23-17(21)13-7-8-20(9-10-22-4)16-6-5-15(19)12-14(16)11-13/h5-6,11-12H,7-10H2,1-4H3. The first-order valence-electron chi connectivity index (χ1n) is 7.77. The molecular weight excluding hydrogens is 358 g/mol. The van der Waals surface area contributed by atoms with E-state index in [1.165, 1.54) is 0 Å². The second-order valence-corrected chi connectivity index (χ2v) is 7.52. The number of rotatable bonds is 4. The second-order valence-electron chi connectivity index (χ2n) is 6.60. The normalized spacial score (nSPS) is 14.8. The SMILES string of the molecule is COCCN1CCC(C(=O)OC(C)(C)C)=Cc2cc(Br)ccc21. The summed E-state index contributed by atoms with van der Waals surface area (Å²) in [6.45, 7) is 7.87. The largest absolute Gasteiger partial charge is 0.457 e. The fourth-order valence-electron chi connectivity index (χ4n) is 2.50. The second kappa shape index (κ2) is 7.49. The Morgan fingerprint density at radius 1 is 1.35 bits per heavy atom. The Hall–Kier alpha value is -1.33. The Balaban J connectivity index is 2.31. The van der Waals surface area contributed by atoms with Crippen LogP contribution in [0.15, 0.2) is 28.2 Å². The van der Waals surface area contributed by atoms with Gasteiger partial charge in [-0.2, -0.15) is 0 Å². The average molecular weight is 382 g/mol. The van der Waals surface area contributed by atoms with Gasteiger partial charge in [-0.1, -0.05) is 15.9 Å². The first kappa shape index (κ1) is 18.0. The molecule has 0 N–H and O–H groups in total. The summed E-state index contributed by atoms with van der Waals surface area (Å²) < 4.78 is 11.7. The van der Waals surface area contributed by atoms with Crippen LogP contribution in [0.1, 0.15) is 32.8 Å². The van der Waals surface area contributed by atoms with E-state index in [0.29, 0.717) is 18.6 Å². The molecule has 0 aromatic heterocycles. The summed E-state index contributed by atoms with van der Waals surface area (Å²) in [7, 11) is 1.70. The Morgan fingerprint density at radius 3 is 2.74 bits per heavy atom. The van der Waals surface area contributed by atoms with Crippen LogP contribution >= 0.6 is 15.9 Å². The molecule has 23 heavy (non-hydrogen) atoms. The molecule has 0 unspecified atom stereocenters. The lowest BCUT2D eigenvalue weighted by Crippen LogP contribution is -2.29. The molecule has 0 spiro atoms. The van der Waals surface area contributed by atoms with E-state index >= 15 is 0 Å². The number of benzene rings is 1. The van der Waals surface area contributed by atoms with Crippen molar-refractivity contribution in [3.8, 4) is 0 Å². The van der Waals surface area contributed by atoms with Crippen LogP contribution in [0.5, 0.6) is 0 Å². The number of nitrogens with zero attached hydrogens (tertiary/aromatic N) is 1. The highest BCUT2D eigenvalue weighted by Crippen LogP contribution is 2.31. The fraction of sp³-hybridized carbons (Fsp3) is 0.500. The maximum atomic E-state index is 12.4. The smallest absolute Gasteiger partial charge is 0.334 e. The topological polar surface area (TPSA) is 38.8 Å². The lowest BCUT2D eigenvalue weighted by Gasteiger charge is -2.25. The Kier molecular flexibility index (Phi) is 5.87. The maximum absolute atomic E-state index is 12.4. The van der Waals surface area contributed by atoms with Crippen molar-refractivity contribution in [3.63, 3.8) is 0 Å². The summed E-state index contributed by atoms with van der Waals surface area (Å²) in [4.78, 5) is 14.7. The monoisotopic (exact) mass is 381 g/mol. The Bertz CT molecular complexity index is 605. The van der Waals surface area contributed by atoms with Crippen molar-refractivity contribution in [1.29, 1.82) is 0 Å². The van der Waals surface area contributed by atoms with Gasteiger partial charge < -0.3 is 14.4 Å². The molecule has 5 heteroatoms. The molecule has 1 aliphatic rings. The molecular formula is C18H24BrNO3. The first-order chi connectivity index (χ1) is 10.8. The maximum Gasteiger partial charge on any atom is 0.334 e. The molecule has 1 aromatic rings. The van der Waals surface area contributed by atoms with Crippen molar-refractivity contribution >= 4 is 33.7 Å². The van der Waals surface area contributed by atoms with Gasteiger partial charge in [0.1, 0.15) is 5.60 Å². The Morgan fingerprint density at radius 2 is 2.09 bits per heavy atom. The van der Waals surface area contributed by atoms with E-state index in [0.717, 1.165) is 28.8 Å². The van der Waals surface area contributed by atoms with Crippen LogP contribution in [0.25, 0.3) is 6.08 Å². The number of esters is 1. The summed E-state index contributed by atoms with van der Waals surface area (Å²) >= 11 is 3.51. The lowest BCUT2D eigenvalue weighted by atomic mass is 10.1. The highest BCUT2D eigenvalue weighted by atomic mass is 79.9. The molecule has 4 nitrogen and oxygen atoms in total. The van der Waals surface area contributed by atoms with Crippen molar-refractivity contribution in [2.75, 3.05) is 31.7 Å². The molecule has 1 aliphatic heterocycles. The van der Waals surface area contributed by atoms with Crippen LogP contribution in [0.2, 0.25) is 0 Å². The van der Waals surface area contributed by atoms with Gasteiger partial charge in [0.2, 0.25) is 0 Å². The molecule has 0 radical (unpaired) electrons. The van der Waals surface area contributed by atoms with E-state index in [9.17, 15) is 4.79 Å². The van der Waals surface area contributed by atoms with Crippen LogP contribution in [0.4, 0.5) is 5.69 Å². The number of fused-ring (bicyclic) bond motifs is 1. The van der Waals surface area contributed by atoms with Crippen molar-refractivity contribution in [1.82, 2.24) is 0 Å². The van der Waals surface area contributed by atoms with Gasteiger partial charge in [0, 0.05) is 35.9 Å². The van der Waals surface area contributed by atoms with Gasteiger partial charge in [-0.05, 0) is 57.0 Å². The highest BCUT2D eigenvalue weighted by molar-refractivity contribution is 9.10. The van der Waals surface area contributed by atoms with Crippen molar-refractivity contribution in [2.24, 2.45) is 0 Å². The molecule has 2 rings (SSSR count). The average Bonchev–Trinajstić information content (AvgIpc) is 2.62. The molecule has 126 valence electrons. The fourth-order valence-corrected chi connectivity index (χ4v) is 2.88. The third-order valence-electron chi connectivity index (χ3n) is 3.54. The van der Waals surface area contributed by atoms with Crippen molar-refractivity contribution < 1.29 is 14.3 Å². The molecule has 1 heterocycles. The molecule has 0 atom stereocenters. The summed E-state index contributed by atoms with van der Waals surface area (Å²) in [5.74, 6) is -0.239. The van der Waals surface area contributed by atoms with E-state index in [-0.39, 0.29) is 5.97 Å². The quantitative estimate of drug-likeness (QED) is 0.737. The molecule has 1 aromatic carbocycles. The van der Waals surface area contributed by atoms with Crippen LogP contribution in [-0.2, 0) is 14.3 Å². The van der Waals surface area contributed by atoms with E-state index < -0.39 is 5.60 Å². The van der Waals surface area contributed by atoms with E-state index in [2.05, 4.69) is 26.9 Å². The third kappa shape index (κ3) is 5.08. The minimum absolute atomic E-state index is 0.239. The number of hydrogen-bond donors (Lipinski definition) is 0. The lowest BCUT2D eigenvalue weighted by molar-refractivity contribution is -0.149. The minimum Gasteiger partial charge on any atom is -0.457 e. The van der Waals surface area contributed by atoms with Crippen LogP contribution < -0.4 is 4.90 Å². The van der Waals surface area contributed by atoms with Gasteiger partial charge in [0.05, 0.1) is 6.61 Å². The minimum atomic E-state index is -0.486. The number of hydrogen-bond acceptors (Lipinski definition) is 4. The molecule has 0 amide bonds. The number of carbonyl (C=O) groups excluding carboxylic acids is 1. The van der Waals surface area contributed by atoms with E-state index in [4.69, 9.17) is 9.47 Å². The number of halogens is 1. The molecule has 0 saturated carbocycles. The number of carbonyl (C=O) groups is 1. The third-order valence-corrected chi connectivity index (χ3v) is 4.03. The molecule has 0 bridgehead atoms. The van der Waals surface area contributed by atoms with E-state index in [1.807, 2.05) is 39.0 Å². The van der Waals surface area contributed by atoms with Gasteiger partial charge in [-0.25, -0.2) is 4.79 Å². The predicted molar refractivity (Wildman–Crippen MR) is 96.7 cm³/mol. The zero-order valence-electron chi connectivity index (χ0n) is 14.2. The number of ether oxygens (including phenoxy) is 2. The molecule has 0 saturated heterocycles. The van der Waals surface area contributed by atoms with Gasteiger partial charge in [0.15, 0.2) is 0 Å². The zero-order chi connectivity index (χ0) is 17.0. The van der Waals surface area contributed by atoms with Gasteiger partial charge in [-0.15, -0.1) is 0 Å². The van der Waals surface area contributed by atoms with Crippen molar-refractivity contribution in [3.05, 3.63) is 33.8 Å². The van der Waals surface area contributed by atoms with Gasteiger partial charge >= 0.3 is 5.97 Å². The summed E-state index contributed by atoms with van der Waals surface area (Å²) in [6.07, 6.45) is 2.60. The highest BCUT2D eigenvalue weighted by Gasteiger charge is 2.23. The van der Waals surface area contributed by atoms with Crippen LogP contribution in [0, 0.1) is 0 Å². The number of methoxy groups -OCH3 is 1. The summed E-state index contributed by atoms with van der Waals surface area (Å²) in [5.41, 5.74) is 2.36. The molecule has 0 fully saturated rings. The first-order valence-corrected chi connectivity index (χ1v) is 8.57. The van der Waals surface area contributed by atoms with Crippen LogP contribution in [-0.4, -0.2) is 38.4 Å². The molecule has 0 aliphatic carbocycles. The van der Waals surface area contributed by atoms with Gasteiger partial charge in [-0.3, -0.25) is 0 Å². The van der Waals surface area contributed by atoms with Gasteiger partial charge in [0.25, 0.3) is 0 Å². The predicted octanol–water partition coefficient (Wildman–Crippen LogP) is 4.03. The van der Waals surface area contributed by atoms with Crippen LogP contribution in [0.3, 0.4) is 0 Å². The number of anilines is 1. The van der Waals surface area contributed by atoms with E-state index in [1.54, 1.807) is 7.11 Å². The summed E-state index contributed by atoms with van der Waals surface area (Å²) in [6, 6.07) is 6.12.